The number of piperazine rings is 1. The highest BCUT2D eigenvalue weighted by Gasteiger charge is 2.26. The number of carbonyl (C=O) groups is 2. The van der Waals surface area contributed by atoms with Crippen LogP contribution < -0.4 is 0 Å². The third-order valence-corrected chi connectivity index (χ3v) is 6.65. The van der Waals surface area contributed by atoms with Crippen LogP contribution in [0.5, 0.6) is 0 Å². The van der Waals surface area contributed by atoms with Gasteiger partial charge in [-0.25, -0.2) is 9.37 Å². The molecule has 2 aromatic carbocycles. The molecule has 1 aliphatic heterocycles. The summed E-state index contributed by atoms with van der Waals surface area (Å²) in [5.74, 6) is -0.471. The highest BCUT2D eigenvalue weighted by atomic mass is 35.5. The summed E-state index contributed by atoms with van der Waals surface area (Å²) in [5.41, 5.74) is 2.43. The summed E-state index contributed by atoms with van der Waals surface area (Å²) in [7, 11) is 0. The van der Waals surface area contributed by atoms with E-state index in [-0.39, 0.29) is 28.2 Å². The van der Waals surface area contributed by atoms with E-state index in [0.717, 1.165) is 22.5 Å². The van der Waals surface area contributed by atoms with Gasteiger partial charge in [0, 0.05) is 38.6 Å². The second kappa shape index (κ2) is 9.75. The zero-order valence-corrected chi connectivity index (χ0v) is 19.1. The number of para-hydroxylation sites is 1. The van der Waals surface area contributed by atoms with E-state index in [9.17, 15) is 14.0 Å². The highest BCUT2D eigenvalue weighted by molar-refractivity contribution is 7.99. The van der Waals surface area contributed by atoms with Crippen LogP contribution in [0.1, 0.15) is 15.9 Å². The summed E-state index contributed by atoms with van der Waals surface area (Å²) in [6.07, 6.45) is 3.62. The van der Waals surface area contributed by atoms with Crippen LogP contribution in [0.15, 0.2) is 60.0 Å². The van der Waals surface area contributed by atoms with Crippen LogP contribution in [0.25, 0.3) is 5.69 Å². The Morgan fingerprint density at radius 3 is 2.53 bits per heavy atom. The Hall–Kier alpha value is -2.84. The Labute approximate surface area is 195 Å². The molecule has 0 N–H and O–H groups in total. The van der Waals surface area contributed by atoms with Crippen molar-refractivity contribution in [2.45, 2.75) is 12.1 Å². The summed E-state index contributed by atoms with van der Waals surface area (Å²) in [6, 6.07) is 11.8. The molecule has 166 valence electrons. The molecule has 2 amide bonds. The van der Waals surface area contributed by atoms with Gasteiger partial charge in [0.2, 0.25) is 5.91 Å². The number of benzene rings is 2. The second-order valence-corrected chi connectivity index (χ2v) is 8.80. The van der Waals surface area contributed by atoms with Gasteiger partial charge >= 0.3 is 0 Å². The van der Waals surface area contributed by atoms with Crippen molar-refractivity contribution in [1.29, 1.82) is 0 Å². The van der Waals surface area contributed by atoms with Crippen molar-refractivity contribution in [3.8, 4) is 5.69 Å². The third-order valence-electron chi connectivity index (χ3n) is 5.39. The number of carbonyl (C=O) groups excluding carboxylic acids is 2. The van der Waals surface area contributed by atoms with Gasteiger partial charge < -0.3 is 9.80 Å². The van der Waals surface area contributed by atoms with E-state index in [2.05, 4.69) is 4.98 Å². The van der Waals surface area contributed by atoms with Crippen molar-refractivity contribution in [2.24, 2.45) is 0 Å². The Morgan fingerprint density at radius 1 is 1.09 bits per heavy atom. The molecule has 0 radical (unpaired) electrons. The molecule has 4 rings (SSSR count). The predicted molar refractivity (Wildman–Crippen MR) is 123 cm³/mol. The van der Waals surface area contributed by atoms with Gasteiger partial charge in [0.15, 0.2) is 5.16 Å². The number of aryl methyl sites for hydroxylation is 1. The topological polar surface area (TPSA) is 58.4 Å². The van der Waals surface area contributed by atoms with Gasteiger partial charge in [0.25, 0.3) is 5.91 Å². The molecule has 0 spiro atoms. The van der Waals surface area contributed by atoms with Gasteiger partial charge in [0.05, 0.1) is 22.0 Å². The van der Waals surface area contributed by atoms with E-state index in [0.29, 0.717) is 26.2 Å². The number of amides is 2. The standard InChI is InChI=1S/C23H22ClFN4O2S/c1-16-4-2-3-5-20(16)29-9-8-26-23(29)32-15-21(30)27-10-12-28(13-11-27)22(31)18-7-6-17(25)14-19(18)24/h2-9,14H,10-13,15H2,1H3. The molecule has 0 atom stereocenters. The molecule has 6 nitrogen and oxygen atoms in total. The summed E-state index contributed by atoms with van der Waals surface area (Å²) in [4.78, 5) is 33.2. The van der Waals surface area contributed by atoms with E-state index in [1.54, 1.807) is 16.0 Å². The van der Waals surface area contributed by atoms with Gasteiger partial charge in [-0.05, 0) is 36.8 Å². The van der Waals surface area contributed by atoms with Crippen molar-refractivity contribution in [3.63, 3.8) is 0 Å². The summed E-state index contributed by atoms with van der Waals surface area (Å²) < 4.78 is 15.2. The lowest BCUT2D eigenvalue weighted by Gasteiger charge is -2.35. The monoisotopic (exact) mass is 472 g/mol. The quantitative estimate of drug-likeness (QED) is 0.526. The fourth-order valence-corrected chi connectivity index (χ4v) is 4.74. The summed E-state index contributed by atoms with van der Waals surface area (Å²) >= 11 is 7.41. The minimum Gasteiger partial charge on any atom is -0.338 e. The van der Waals surface area contributed by atoms with E-state index in [1.807, 2.05) is 42.0 Å². The lowest BCUT2D eigenvalue weighted by atomic mass is 10.1. The fraction of sp³-hybridized carbons (Fsp3) is 0.261. The Balaban J connectivity index is 1.33. The molecule has 32 heavy (non-hydrogen) atoms. The van der Waals surface area contributed by atoms with Crippen LogP contribution in [-0.4, -0.2) is 63.1 Å². The zero-order chi connectivity index (χ0) is 22.7. The molecule has 0 aliphatic carbocycles. The maximum absolute atomic E-state index is 13.2. The maximum Gasteiger partial charge on any atom is 0.255 e. The first-order valence-electron chi connectivity index (χ1n) is 10.2. The molecule has 0 unspecified atom stereocenters. The number of rotatable bonds is 5. The van der Waals surface area contributed by atoms with E-state index >= 15 is 0 Å². The highest BCUT2D eigenvalue weighted by Crippen LogP contribution is 2.24. The van der Waals surface area contributed by atoms with Gasteiger partial charge in [-0.15, -0.1) is 0 Å². The first kappa shape index (κ1) is 22.4. The third kappa shape index (κ3) is 4.81. The number of aromatic nitrogens is 2. The van der Waals surface area contributed by atoms with Gasteiger partial charge in [-0.3, -0.25) is 14.2 Å². The van der Waals surface area contributed by atoms with Crippen LogP contribution in [0.2, 0.25) is 5.02 Å². The molecule has 2 heterocycles. The summed E-state index contributed by atoms with van der Waals surface area (Å²) in [6.45, 7) is 3.72. The molecular formula is C23H22ClFN4O2S. The molecule has 9 heteroatoms. The maximum atomic E-state index is 13.2. The number of hydrogen-bond donors (Lipinski definition) is 0. The van der Waals surface area contributed by atoms with Crippen LogP contribution >= 0.6 is 23.4 Å². The molecule has 1 fully saturated rings. The smallest absolute Gasteiger partial charge is 0.255 e. The van der Waals surface area contributed by atoms with Crippen molar-refractivity contribution >= 4 is 35.2 Å². The minimum absolute atomic E-state index is 0.00115. The average molecular weight is 473 g/mol. The zero-order valence-electron chi connectivity index (χ0n) is 17.5. The molecule has 3 aromatic rings. The van der Waals surface area contributed by atoms with Gasteiger partial charge in [-0.2, -0.15) is 0 Å². The van der Waals surface area contributed by atoms with Crippen LogP contribution in [0.4, 0.5) is 4.39 Å². The minimum atomic E-state index is -0.484. The Kier molecular flexibility index (Phi) is 6.81. The van der Waals surface area contributed by atoms with Crippen molar-refractivity contribution in [2.75, 3.05) is 31.9 Å². The number of thioether (sulfide) groups is 1. The number of nitrogens with zero attached hydrogens (tertiary/aromatic N) is 4. The predicted octanol–water partition coefficient (Wildman–Crippen LogP) is 4.05. The number of imidazole rings is 1. The average Bonchev–Trinajstić information content (AvgIpc) is 3.26. The molecule has 0 bridgehead atoms. The van der Waals surface area contributed by atoms with Crippen molar-refractivity contribution < 1.29 is 14.0 Å². The molecule has 1 aromatic heterocycles. The molecular weight excluding hydrogens is 451 g/mol. The van der Waals surface area contributed by atoms with Crippen LogP contribution in [0, 0.1) is 12.7 Å². The number of halogens is 2. The van der Waals surface area contributed by atoms with Gasteiger partial charge in [-0.1, -0.05) is 41.6 Å². The van der Waals surface area contributed by atoms with Crippen LogP contribution in [-0.2, 0) is 4.79 Å². The van der Waals surface area contributed by atoms with Crippen molar-refractivity contribution in [3.05, 3.63) is 76.8 Å². The van der Waals surface area contributed by atoms with E-state index in [4.69, 9.17) is 11.6 Å². The Bertz CT molecular complexity index is 1140. The number of hydrogen-bond acceptors (Lipinski definition) is 4. The Morgan fingerprint density at radius 2 is 1.81 bits per heavy atom. The fourth-order valence-electron chi connectivity index (χ4n) is 3.62. The van der Waals surface area contributed by atoms with Gasteiger partial charge in [0.1, 0.15) is 5.82 Å². The lowest BCUT2D eigenvalue weighted by Crippen LogP contribution is -2.51. The van der Waals surface area contributed by atoms with E-state index < -0.39 is 5.82 Å². The molecule has 1 saturated heterocycles. The SMILES string of the molecule is Cc1ccccc1-n1ccnc1SCC(=O)N1CCN(C(=O)c2ccc(F)cc2Cl)CC1. The normalized spacial score (nSPS) is 14.0. The van der Waals surface area contributed by atoms with E-state index in [1.165, 1.54) is 23.9 Å². The molecule has 0 saturated carbocycles. The van der Waals surface area contributed by atoms with Crippen molar-refractivity contribution in [1.82, 2.24) is 19.4 Å². The summed E-state index contributed by atoms with van der Waals surface area (Å²) in [5, 5.41) is 0.849. The second-order valence-electron chi connectivity index (χ2n) is 7.45. The van der Waals surface area contributed by atoms with Crippen LogP contribution in [0.3, 0.4) is 0 Å². The largest absolute Gasteiger partial charge is 0.338 e. The molecule has 1 aliphatic rings. The first-order chi connectivity index (χ1) is 15.4. The first-order valence-corrected chi connectivity index (χ1v) is 11.5. The lowest BCUT2D eigenvalue weighted by molar-refractivity contribution is -0.129.